The van der Waals surface area contributed by atoms with E-state index < -0.39 is 23.7 Å². The lowest BCUT2D eigenvalue weighted by Gasteiger charge is -2.22. The number of methoxy groups -OCH3 is 1. The number of Topliss-reactive ketones (excluding diaryl/α,β-unsaturated/α-hetero) is 1. The van der Waals surface area contributed by atoms with E-state index in [0.29, 0.717) is 11.3 Å². The Balaban J connectivity index is 2.74. The lowest BCUT2D eigenvalue weighted by atomic mass is 10.0. The number of carbonyl (C=O) groups excluding carboxylic acids is 3. The van der Waals surface area contributed by atoms with Crippen LogP contribution in [0, 0.1) is 0 Å². The standard InChI is InChI=1S/C20H29NO7/c1-6-26-18(23)16(21-19(24)28-20(2,3)4)10-11-17(22)14-8-7-9-15(12-14)27-13-25-5/h7-9,12,16H,6,10-11,13H2,1-5H3,(H,21,24)/t16-/m0/s1. The maximum absolute atomic E-state index is 12.5. The number of alkyl carbamates (subject to hydrolysis) is 1. The number of nitrogens with one attached hydrogen (secondary N) is 1. The Hall–Kier alpha value is -2.61. The van der Waals surface area contributed by atoms with Gasteiger partial charge in [-0.1, -0.05) is 12.1 Å². The molecule has 0 fully saturated rings. The lowest BCUT2D eigenvalue weighted by molar-refractivity contribution is -0.145. The van der Waals surface area contributed by atoms with Gasteiger partial charge in [-0.05, 0) is 46.2 Å². The largest absolute Gasteiger partial charge is 0.468 e. The third kappa shape index (κ3) is 8.85. The molecule has 1 rings (SSSR count). The van der Waals surface area contributed by atoms with Crippen LogP contribution in [0.1, 0.15) is 50.9 Å². The van der Waals surface area contributed by atoms with Gasteiger partial charge in [-0.15, -0.1) is 0 Å². The molecule has 0 radical (unpaired) electrons. The van der Waals surface area contributed by atoms with Crippen LogP contribution in [0.5, 0.6) is 5.75 Å². The van der Waals surface area contributed by atoms with Gasteiger partial charge in [-0.25, -0.2) is 9.59 Å². The van der Waals surface area contributed by atoms with Crippen LogP contribution in [0.4, 0.5) is 4.79 Å². The molecule has 1 amide bonds. The number of amides is 1. The van der Waals surface area contributed by atoms with Gasteiger partial charge in [0.15, 0.2) is 12.6 Å². The second kappa shape index (κ2) is 11.3. The zero-order valence-electron chi connectivity index (χ0n) is 17.1. The van der Waals surface area contributed by atoms with Crippen molar-refractivity contribution in [1.82, 2.24) is 5.32 Å². The molecule has 0 aliphatic heterocycles. The molecule has 0 unspecified atom stereocenters. The molecule has 0 spiro atoms. The predicted octanol–water partition coefficient (Wildman–Crippen LogP) is 3.09. The second-order valence-corrected chi connectivity index (χ2v) is 6.99. The molecule has 0 bridgehead atoms. The molecule has 156 valence electrons. The first-order valence-electron chi connectivity index (χ1n) is 9.07. The van der Waals surface area contributed by atoms with Crippen LogP contribution in [-0.2, 0) is 19.0 Å². The molecule has 0 aliphatic carbocycles. The van der Waals surface area contributed by atoms with Gasteiger partial charge in [0.1, 0.15) is 17.4 Å². The highest BCUT2D eigenvalue weighted by atomic mass is 16.7. The zero-order chi connectivity index (χ0) is 21.2. The average molecular weight is 395 g/mol. The average Bonchev–Trinajstić information content (AvgIpc) is 2.62. The monoisotopic (exact) mass is 395 g/mol. The number of rotatable bonds is 10. The molecule has 28 heavy (non-hydrogen) atoms. The van der Waals surface area contributed by atoms with Crippen molar-refractivity contribution in [2.75, 3.05) is 20.5 Å². The predicted molar refractivity (Wildman–Crippen MR) is 102 cm³/mol. The summed E-state index contributed by atoms with van der Waals surface area (Å²) in [4.78, 5) is 36.6. The smallest absolute Gasteiger partial charge is 0.408 e. The number of carbonyl (C=O) groups is 3. The summed E-state index contributed by atoms with van der Waals surface area (Å²) in [7, 11) is 1.50. The number of esters is 1. The molecule has 0 heterocycles. The quantitative estimate of drug-likeness (QED) is 0.369. The summed E-state index contributed by atoms with van der Waals surface area (Å²) in [6.07, 6.45) is -0.624. The van der Waals surface area contributed by atoms with Crippen molar-refractivity contribution in [3.05, 3.63) is 29.8 Å². The van der Waals surface area contributed by atoms with E-state index in [4.69, 9.17) is 18.9 Å². The Labute approximate surface area is 165 Å². The van der Waals surface area contributed by atoms with Gasteiger partial charge in [0.05, 0.1) is 6.61 Å². The maximum atomic E-state index is 12.5. The van der Waals surface area contributed by atoms with E-state index >= 15 is 0 Å². The highest BCUT2D eigenvalue weighted by Crippen LogP contribution is 2.16. The summed E-state index contributed by atoms with van der Waals surface area (Å²) >= 11 is 0. The molecule has 0 saturated carbocycles. The minimum Gasteiger partial charge on any atom is -0.468 e. The van der Waals surface area contributed by atoms with Crippen LogP contribution < -0.4 is 10.1 Å². The van der Waals surface area contributed by atoms with Crippen LogP contribution >= 0.6 is 0 Å². The van der Waals surface area contributed by atoms with Crippen molar-refractivity contribution in [2.24, 2.45) is 0 Å². The van der Waals surface area contributed by atoms with Gasteiger partial charge in [0.2, 0.25) is 0 Å². The highest BCUT2D eigenvalue weighted by Gasteiger charge is 2.26. The fourth-order valence-corrected chi connectivity index (χ4v) is 2.25. The Kier molecular flexibility index (Phi) is 9.44. The van der Waals surface area contributed by atoms with Crippen LogP contribution in [0.3, 0.4) is 0 Å². The van der Waals surface area contributed by atoms with Gasteiger partial charge < -0.3 is 24.3 Å². The third-order valence-corrected chi connectivity index (χ3v) is 3.42. The van der Waals surface area contributed by atoms with E-state index in [0.717, 1.165) is 0 Å². The highest BCUT2D eigenvalue weighted by molar-refractivity contribution is 5.96. The second-order valence-electron chi connectivity index (χ2n) is 6.99. The minimum absolute atomic E-state index is 0.0347. The topological polar surface area (TPSA) is 100 Å². The molecule has 1 N–H and O–H groups in total. The van der Waals surface area contributed by atoms with Crippen molar-refractivity contribution in [1.29, 1.82) is 0 Å². The van der Waals surface area contributed by atoms with Crippen LogP contribution in [0.2, 0.25) is 0 Å². The summed E-state index contributed by atoms with van der Waals surface area (Å²) in [5.41, 5.74) is -0.268. The fraction of sp³-hybridized carbons (Fsp3) is 0.550. The normalized spacial score (nSPS) is 12.0. The van der Waals surface area contributed by atoms with E-state index in [9.17, 15) is 14.4 Å². The first-order valence-corrected chi connectivity index (χ1v) is 9.07. The molecule has 0 aromatic heterocycles. The van der Waals surface area contributed by atoms with Crippen molar-refractivity contribution in [2.45, 2.75) is 52.2 Å². The summed E-state index contributed by atoms with van der Waals surface area (Å²) in [6, 6.07) is 5.68. The minimum atomic E-state index is -0.980. The molecule has 0 aliphatic rings. The molecule has 8 heteroatoms. The van der Waals surface area contributed by atoms with E-state index in [1.54, 1.807) is 52.0 Å². The summed E-state index contributed by atoms with van der Waals surface area (Å²) in [5, 5.41) is 2.48. The SMILES string of the molecule is CCOC(=O)[C@H](CCC(=O)c1cccc(OCOC)c1)NC(=O)OC(C)(C)C. The number of hydrogen-bond donors (Lipinski definition) is 1. The molecule has 0 saturated heterocycles. The third-order valence-electron chi connectivity index (χ3n) is 3.42. The first kappa shape index (κ1) is 23.4. The molecule has 1 aromatic carbocycles. The molecule has 8 nitrogen and oxygen atoms in total. The molecular formula is C20H29NO7. The zero-order valence-corrected chi connectivity index (χ0v) is 17.1. The van der Waals surface area contributed by atoms with E-state index in [1.807, 2.05) is 0 Å². The molecular weight excluding hydrogens is 366 g/mol. The van der Waals surface area contributed by atoms with Gasteiger partial charge in [-0.2, -0.15) is 0 Å². The summed E-state index contributed by atoms with van der Waals surface area (Å²) in [5.74, 6) is -0.303. The van der Waals surface area contributed by atoms with Crippen molar-refractivity contribution in [3.8, 4) is 5.75 Å². The van der Waals surface area contributed by atoms with Gasteiger partial charge in [0.25, 0.3) is 0 Å². The Bertz CT molecular complexity index is 667. The van der Waals surface area contributed by atoms with E-state index in [1.165, 1.54) is 7.11 Å². The summed E-state index contributed by atoms with van der Waals surface area (Å²) in [6.45, 7) is 7.05. The van der Waals surface area contributed by atoms with E-state index in [-0.39, 0.29) is 32.0 Å². The maximum Gasteiger partial charge on any atom is 0.408 e. The number of ether oxygens (including phenoxy) is 4. The number of ketones is 1. The molecule has 1 aromatic rings. The van der Waals surface area contributed by atoms with Gasteiger partial charge >= 0.3 is 12.1 Å². The van der Waals surface area contributed by atoms with Crippen molar-refractivity contribution >= 4 is 17.8 Å². The first-order chi connectivity index (χ1) is 13.2. The van der Waals surface area contributed by atoms with Crippen molar-refractivity contribution < 1.29 is 33.3 Å². The summed E-state index contributed by atoms with van der Waals surface area (Å²) < 4.78 is 20.3. The van der Waals surface area contributed by atoms with Crippen LogP contribution in [0.25, 0.3) is 0 Å². The fourth-order valence-electron chi connectivity index (χ4n) is 2.25. The molecule has 1 atom stereocenters. The van der Waals surface area contributed by atoms with Gasteiger partial charge in [-0.3, -0.25) is 4.79 Å². The number of benzene rings is 1. The number of hydrogen-bond acceptors (Lipinski definition) is 7. The van der Waals surface area contributed by atoms with Crippen molar-refractivity contribution in [3.63, 3.8) is 0 Å². The van der Waals surface area contributed by atoms with Crippen LogP contribution in [-0.4, -0.2) is 50.0 Å². The van der Waals surface area contributed by atoms with E-state index in [2.05, 4.69) is 5.32 Å². The Morgan fingerprint density at radius 3 is 2.50 bits per heavy atom. The van der Waals surface area contributed by atoms with Crippen LogP contribution in [0.15, 0.2) is 24.3 Å². The van der Waals surface area contributed by atoms with Gasteiger partial charge in [0, 0.05) is 19.1 Å². The lowest BCUT2D eigenvalue weighted by Crippen LogP contribution is -2.44. The Morgan fingerprint density at radius 1 is 1.18 bits per heavy atom. The Morgan fingerprint density at radius 2 is 1.89 bits per heavy atom.